The monoisotopic (exact) mass is 466 g/mol. The summed E-state index contributed by atoms with van der Waals surface area (Å²) in [6, 6.07) is 6.46. The summed E-state index contributed by atoms with van der Waals surface area (Å²) in [5, 5.41) is 6.30. The van der Waals surface area contributed by atoms with Crippen LogP contribution in [0.5, 0.6) is 11.5 Å². The molecule has 1 saturated carbocycles. The van der Waals surface area contributed by atoms with Gasteiger partial charge in [-0.15, -0.1) is 0 Å². The number of hydrogen-bond donors (Lipinski definition) is 3. The van der Waals surface area contributed by atoms with Crippen molar-refractivity contribution in [3.63, 3.8) is 0 Å². The summed E-state index contributed by atoms with van der Waals surface area (Å²) in [6.07, 6.45) is 5.15. The summed E-state index contributed by atoms with van der Waals surface area (Å²) in [5.74, 6) is -0.0640. The number of carbonyl (C=O) groups is 1. The second-order valence-electron chi connectivity index (χ2n) is 8.76. The number of para-hydroxylation sites is 1. The summed E-state index contributed by atoms with van der Waals surface area (Å²) in [6.45, 7) is 2.83. The van der Waals surface area contributed by atoms with E-state index < -0.39 is 5.82 Å². The fourth-order valence-corrected chi connectivity index (χ4v) is 4.38. The SMILES string of the molecule is COc1c(F)cccc1Nc1c(-c2ccncc2OC[C@@H](C)OC)[nH]c2c1C(=O)NCC21CC1. The zero-order chi connectivity index (χ0) is 23.9. The van der Waals surface area contributed by atoms with Gasteiger partial charge in [-0.25, -0.2) is 4.39 Å². The molecule has 1 atom stereocenters. The van der Waals surface area contributed by atoms with Crippen molar-refractivity contribution in [2.45, 2.75) is 31.3 Å². The lowest BCUT2D eigenvalue weighted by atomic mass is 9.93. The highest BCUT2D eigenvalue weighted by Crippen LogP contribution is 2.54. The van der Waals surface area contributed by atoms with Gasteiger partial charge in [-0.05, 0) is 38.0 Å². The highest BCUT2D eigenvalue weighted by atomic mass is 19.1. The Morgan fingerprint density at radius 1 is 1.26 bits per heavy atom. The number of amides is 1. The largest absolute Gasteiger partial charge is 0.492 e. The van der Waals surface area contributed by atoms with Crippen molar-refractivity contribution in [3.05, 3.63) is 53.7 Å². The quantitative estimate of drug-likeness (QED) is 0.461. The number of ether oxygens (including phenoxy) is 3. The predicted octanol–water partition coefficient (Wildman–Crippen LogP) is 4.16. The molecule has 1 aromatic carbocycles. The second kappa shape index (κ2) is 8.64. The van der Waals surface area contributed by atoms with E-state index in [1.54, 1.807) is 31.6 Å². The number of aromatic nitrogens is 2. The molecule has 2 aliphatic rings. The Bertz CT molecular complexity index is 1240. The number of H-pyrrole nitrogens is 1. The number of nitrogens with zero attached hydrogens (tertiary/aromatic N) is 1. The molecule has 34 heavy (non-hydrogen) atoms. The van der Waals surface area contributed by atoms with Gasteiger partial charge in [-0.3, -0.25) is 9.78 Å². The van der Waals surface area contributed by atoms with E-state index in [1.807, 2.05) is 13.0 Å². The number of methoxy groups -OCH3 is 2. The first-order valence-corrected chi connectivity index (χ1v) is 11.2. The van der Waals surface area contributed by atoms with Crippen LogP contribution < -0.4 is 20.1 Å². The number of carbonyl (C=O) groups excluding carboxylic acids is 1. The molecule has 1 aliphatic carbocycles. The number of halogens is 1. The van der Waals surface area contributed by atoms with Gasteiger partial charge < -0.3 is 29.8 Å². The lowest BCUT2D eigenvalue weighted by Gasteiger charge is -2.23. The van der Waals surface area contributed by atoms with E-state index in [1.165, 1.54) is 13.2 Å². The van der Waals surface area contributed by atoms with Crippen LogP contribution in [0.3, 0.4) is 0 Å². The maximum absolute atomic E-state index is 14.4. The van der Waals surface area contributed by atoms with E-state index in [0.29, 0.717) is 41.5 Å². The first-order chi connectivity index (χ1) is 16.5. The number of aromatic amines is 1. The molecule has 0 unspecified atom stereocenters. The first-order valence-electron chi connectivity index (χ1n) is 11.2. The van der Waals surface area contributed by atoms with Crippen LogP contribution in [0.4, 0.5) is 15.8 Å². The van der Waals surface area contributed by atoms with Gasteiger partial charge in [0.25, 0.3) is 5.91 Å². The summed E-state index contributed by atoms with van der Waals surface area (Å²) in [5.41, 5.74) is 3.66. The molecule has 3 aromatic rings. The van der Waals surface area contributed by atoms with Crippen molar-refractivity contribution < 1.29 is 23.4 Å². The zero-order valence-electron chi connectivity index (χ0n) is 19.3. The number of benzene rings is 1. The van der Waals surface area contributed by atoms with Gasteiger partial charge in [-0.2, -0.15) is 0 Å². The smallest absolute Gasteiger partial charge is 0.255 e. The van der Waals surface area contributed by atoms with Gasteiger partial charge in [0.05, 0.1) is 42.0 Å². The Balaban J connectivity index is 1.66. The van der Waals surface area contributed by atoms with E-state index in [4.69, 9.17) is 14.2 Å². The molecule has 1 amide bonds. The molecule has 178 valence electrons. The van der Waals surface area contributed by atoms with Gasteiger partial charge in [0.2, 0.25) is 0 Å². The molecular weight excluding hydrogens is 439 g/mol. The predicted molar refractivity (Wildman–Crippen MR) is 125 cm³/mol. The van der Waals surface area contributed by atoms with Crippen LogP contribution in [0.15, 0.2) is 36.7 Å². The number of pyridine rings is 1. The molecule has 3 N–H and O–H groups in total. The van der Waals surface area contributed by atoms with Crippen molar-refractivity contribution in [1.29, 1.82) is 0 Å². The molecule has 0 radical (unpaired) electrons. The van der Waals surface area contributed by atoms with E-state index in [0.717, 1.165) is 24.1 Å². The minimum absolute atomic E-state index is 0.0703. The van der Waals surface area contributed by atoms with Crippen LogP contribution in [0.1, 0.15) is 35.8 Å². The fraction of sp³-hybridized carbons (Fsp3) is 0.360. The van der Waals surface area contributed by atoms with Crippen molar-refractivity contribution in [1.82, 2.24) is 15.3 Å². The maximum atomic E-state index is 14.4. The molecule has 0 bridgehead atoms. The van der Waals surface area contributed by atoms with Crippen molar-refractivity contribution in [2.24, 2.45) is 0 Å². The summed E-state index contributed by atoms with van der Waals surface area (Å²) >= 11 is 0. The van der Waals surface area contributed by atoms with Crippen LogP contribution in [0.2, 0.25) is 0 Å². The molecule has 5 rings (SSSR count). The van der Waals surface area contributed by atoms with Crippen LogP contribution in [0.25, 0.3) is 11.3 Å². The van der Waals surface area contributed by atoms with E-state index in [2.05, 4.69) is 20.6 Å². The minimum atomic E-state index is -0.497. The van der Waals surface area contributed by atoms with Gasteiger partial charge in [-0.1, -0.05) is 6.07 Å². The Labute approximate surface area is 196 Å². The van der Waals surface area contributed by atoms with Crippen molar-refractivity contribution >= 4 is 17.3 Å². The van der Waals surface area contributed by atoms with Crippen LogP contribution >= 0.6 is 0 Å². The Hall–Kier alpha value is -3.59. The van der Waals surface area contributed by atoms with Crippen molar-refractivity contribution in [3.8, 4) is 22.8 Å². The van der Waals surface area contributed by atoms with Gasteiger partial charge in [0.1, 0.15) is 12.4 Å². The number of fused-ring (bicyclic) bond motifs is 2. The highest BCUT2D eigenvalue weighted by Gasteiger charge is 2.51. The third-order valence-corrected chi connectivity index (χ3v) is 6.56. The number of nitrogens with one attached hydrogen (secondary N) is 3. The average Bonchev–Trinajstić information content (AvgIpc) is 3.53. The molecule has 3 heterocycles. The lowest BCUT2D eigenvalue weighted by molar-refractivity contribution is 0.0717. The minimum Gasteiger partial charge on any atom is -0.492 e. The van der Waals surface area contributed by atoms with E-state index in [-0.39, 0.29) is 23.2 Å². The molecule has 1 aliphatic heterocycles. The van der Waals surface area contributed by atoms with Gasteiger partial charge in [0.15, 0.2) is 11.6 Å². The zero-order valence-corrected chi connectivity index (χ0v) is 19.3. The molecule has 0 saturated heterocycles. The summed E-state index contributed by atoms with van der Waals surface area (Å²) in [4.78, 5) is 20.8. The molecule has 1 fully saturated rings. The number of hydrogen-bond acceptors (Lipinski definition) is 6. The Morgan fingerprint density at radius 2 is 2.09 bits per heavy atom. The topological polar surface area (TPSA) is 97.5 Å². The first kappa shape index (κ1) is 22.2. The maximum Gasteiger partial charge on any atom is 0.255 e. The number of rotatable bonds is 8. The lowest BCUT2D eigenvalue weighted by Crippen LogP contribution is -2.39. The van der Waals surface area contributed by atoms with E-state index >= 15 is 0 Å². The van der Waals surface area contributed by atoms with Gasteiger partial charge in [0, 0.05) is 36.5 Å². The summed E-state index contributed by atoms with van der Waals surface area (Å²) < 4.78 is 31.1. The fourth-order valence-electron chi connectivity index (χ4n) is 4.38. The Kier molecular flexibility index (Phi) is 5.65. The number of anilines is 2. The van der Waals surface area contributed by atoms with Crippen LogP contribution in [-0.4, -0.2) is 49.4 Å². The van der Waals surface area contributed by atoms with Crippen LogP contribution in [0, 0.1) is 5.82 Å². The third-order valence-electron chi connectivity index (χ3n) is 6.56. The van der Waals surface area contributed by atoms with Crippen LogP contribution in [-0.2, 0) is 10.2 Å². The average molecular weight is 467 g/mol. The van der Waals surface area contributed by atoms with E-state index in [9.17, 15) is 9.18 Å². The van der Waals surface area contributed by atoms with Gasteiger partial charge >= 0.3 is 0 Å². The standard InChI is InChI=1S/C25H27FN4O4/c1-14(32-2)12-34-18-11-27-10-7-15(18)20-21(29-17-6-4-5-16(26)22(17)33-3)19-23(30-20)25(8-9-25)13-28-24(19)31/h4-7,10-11,14,29-30H,8-9,12-13H2,1-3H3,(H,28,31)/t14-/m1/s1. The second-order valence-corrected chi connectivity index (χ2v) is 8.76. The normalized spacial score (nSPS) is 16.5. The summed E-state index contributed by atoms with van der Waals surface area (Å²) in [7, 11) is 3.04. The molecule has 1 spiro atoms. The third kappa shape index (κ3) is 3.75. The molecule has 2 aromatic heterocycles. The highest BCUT2D eigenvalue weighted by molar-refractivity contribution is 6.07. The molecule has 8 nitrogen and oxygen atoms in total. The Morgan fingerprint density at radius 3 is 2.82 bits per heavy atom. The molecular formula is C25H27FN4O4. The molecule has 9 heteroatoms. The van der Waals surface area contributed by atoms with Crippen molar-refractivity contribution in [2.75, 3.05) is 32.7 Å².